The molecule has 2 aromatic carbocycles. The molecular formula is C18H18BrN3O5S. The number of methoxy groups -OCH3 is 2. The highest BCUT2D eigenvalue weighted by atomic mass is 79.9. The van der Waals surface area contributed by atoms with E-state index in [1.54, 1.807) is 42.5 Å². The van der Waals surface area contributed by atoms with Crippen molar-refractivity contribution in [1.29, 1.82) is 0 Å². The maximum Gasteiger partial charge on any atom is 0.276 e. The average Bonchev–Trinajstić information content (AvgIpc) is 2.70. The summed E-state index contributed by atoms with van der Waals surface area (Å²) in [7, 11) is 3.03. The molecule has 8 nitrogen and oxygen atoms in total. The van der Waals surface area contributed by atoms with Crippen LogP contribution in [0.1, 0.15) is 10.4 Å². The SMILES string of the molecule is COc1ccc(C(=O)NC(=S)NNC(=O)COc2ccccc2OC)cc1Br. The number of ether oxygens (including phenoxy) is 3. The Labute approximate surface area is 175 Å². The van der Waals surface area contributed by atoms with Crippen LogP contribution in [0, 0.1) is 0 Å². The van der Waals surface area contributed by atoms with E-state index in [1.165, 1.54) is 14.2 Å². The Kier molecular flexibility index (Phi) is 8.02. The molecule has 28 heavy (non-hydrogen) atoms. The lowest BCUT2D eigenvalue weighted by molar-refractivity contribution is -0.123. The fourth-order valence-electron chi connectivity index (χ4n) is 2.06. The largest absolute Gasteiger partial charge is 0.496 e. The minimum absolute atomic E-state index is 0.0671. The molecule has 2 rings (SSSR count). The van der Waals surface area contributed by atoms with Gasteiger partial charge in [-0.25, -0.2) is 0 Å². The number of nitrogens with one attached hydrogen (secondary N) is 3. The lowest BCUT2D eigenvalue weighted by Gasteiger charge is -2.13. The monoisotopic (exact) mass is 467 g/mol. The van der Waals surface area contributed by atoms with Crippen molar-refractivity contribution in [2.75, 3.05) is 20.8 Å². The van der Waals surface area contributed by atoms with E-state index in [2.05, 4.69) is 32.1 Å². The lowest BCUT2D eigenvalue weighted by atomic mass is 10.2. The van der Waals surface area contributed by atoms with Crippen LogP contribution in [0.5, 0.6) is 17.2 Å². The van der Waals surface area contributed by atoms with Crippen molar-refractivity contribution in [3.05, 3.63) is 52.5 Å². The molecule has 0 saturated carbocycles. The standard InChI is InChI=1S/C18H18BrN3O5S/c1-25-13-8-7-11(9-12(13)19)17(24)20-18(28)22-21-16(23)10-27-15-6-4-3-5-14(15)26-2/h3-9H,10H2,1-2H3,(H,21,23)(H2,20,22,24,28). The van der Waals surface area contributed by atoms with E-state index in [0.29, 0.717) is 27.3 Å². The van der Waals surface area contributed by atoms with Gasteiger partial charge in [0.25, 0.3) is 11.8 Å². The molecule has 0 aliphatic heterocycles. The Balaban J connectivity index is 1.79. The van der Waals surface area contributed by atoms with Gasteiger partial charge in [0.2, 0.25) is 0 Å². The van der Waals surface area contributed by atoms with E-state index < -0.39 is 11.8 Å². The molecule has 0 radical (unpaired) electrons. The molecule has 2 amide bonds. The van der Waals surface area contributed by atoms with Gasteiger partial charge >= 0.3 is 0 Å². The summed E-state index contributed by atoms with van der Waals surface area (Å²) >= 11 is 8.30. The first-order valence-corrected chi connectivity index (χ1v) is 9.14. The quantitative estimate of drug-likeness (QED) is 0.442. The molecule has 2 aromatic rings. The van der Waals surface area contributed by atoms with E-state index in [1.807, 2.05) is 0 Å². The molecule has 148 valence electrons. The van der Waals surface area contributed by atoms with E-state index in [-0.39, 0.29) is 11.7 Å². The second-order valence-corrected chi connectivity index (χ2v) is 6.51. The van der Waals surface area contributed by atoms with E-state index in [4.69, 9.17) is 26.4 Å². The van der Waals surface area contributed by atoms with Crippen LogP contribution < -0.4 is 30.4 Å². The molecule has 0 bridgehead atoms. The molecule has 0 heterocycles. The summed E-state index contributed by atoms with van der Waals surface area (Å²) in [6, 6.07) is 11.8. The van der Waals surface area contributed by atoms with E-state index in [9.17, 15) is 9.59 Å². The normalized spacial score (nSPS) is 9.82. The summed E-state index contributed by atoms with van der Waals surface area (Å²) < 4.78 is 16.3. The maximum absolute atomic E-state index is 12.2. The highest BCUT2D eigenvalue weighted by molar-refractivity contribution is 9.10. The number of rotatable bonds is 6. The van der Waals surface area contributed by atoms with Gasteiger partial charge in [-0.05, 0) is 58.5 Å². The number of hydrazine groups is 1. The summed E-state index contributed by atoms with van der Waals surface area (Å²) in [6.07, 6.45) is 0. The van der Waals surface area contributed by atoms with Gasteiger partial charge in [0, 0.05) is 5.56 Å². The average molecular weight is 468 g/mol. The topological polar surface area (TPSA) is 97.9 Å². The molecule has 0 aliphatic carbocycles. The number of para-hydroxylation sites is 2. The molecule has 0 aliphatic rings. The number of benzene rings is 2. The first kappa shape index (κ1) is 21.5. The van der Waals surface area contributed by atoms with Gasteiger partial charge < -0.3 is 14.2 Å². The third-order valence-electron chi connectivity index (χ3n) is 3.38. The highest BCUT2D eigenvalue weighted by Gasteiger charge is 2.11. The van der Waals surface area contributed by atoms with Crippen molar-refractivity contribution in [2.24, 2.45) is 0 Å². The van der Waals surface area contributed by atoms with Gasteiger partial charge in [-0.3, -0.25) is 25.8 Å². The lowest BCUT2D eigenvalue weighted by Crippen LogP contribution is -2.49. The molecule has 3 N–H and O–H groups in total. The number of carbonyl (C=O) groups excluding carboxylic acids is 2. The van der Waals surface area contributed by atoms with Crippen molar-refractivity contribution >= 4 is 45.1 Å². The molecular weight excluding hydrogens is 450 g/mol. The van der Waals surface area contributed by atoms with Crippen LogP contribution in [0.4, 0.5) is 0 Å². The van der Waals surface area contributed by atoms with Crippen molar-refractivity contribution in [2.45, 2.75) is 0 Å². The van der Waals surface area contributed by atoms with Gasteiger partial charge in [0.15, 0.2) is 23.2 Å². The van der Waals surface area contributed by atoms with Gasteiger partial charge in [-0.15, -0.1) is 0 Å². The summed E-state index contributed by atoms with van der Waals surface area (Å²) in [5.41, 5.74) is 5.14. The van der Waals surface area contributed by atoms with Gasteiger partial charge in [0.05, 0.1) is 18.7 Å². The number of thiocarbonyl (C=S) groups is 1. The zero-order valence-electron chi connectivity index (χ0n) is 15.1. The Morgan fingerprint density at radius 2 is 1.68 bits per heavy atom. The predicted molar refractivity (Wildman–Crippen MR) is 111 cm³/mol. The summed E-state index contributed by atoms with van der Waals surface area (Å²) in [5, 5.41) is 2.39. The van der Waals surface area contributed by atoms with Crippen LogP contribution in [-0.4, -0.2) is 37.8 Å². The maximum atomic E-state index is 12.2. The molecule has 0 atom stereocenters. The van der Waals surface area contributed by atoms with Crippen LogP contribution in [0.2, 0.25) is 0 Å². The predicted octanol–water partition coefficient (Wildman–Crippen LogP) is 2.18. The molecule has 0 fully saturated rings. The minimum atomic E-state index is -0.491. The third kappa shape index (κ3) is 6.10. The Morgan fingerprint density at radius 1 is 1.00 bits per heavy atom. The number of amides is 2. The van der Waals surface area contributed by atoms with Crippen molar-refractivity contribution in [3.8, 4) is 17.2 Å². The molecule has 0 saturated heterocycles. The van der Waals surface area contributed by atoms with E-state index in [0.717, 1.165) is 0 Å². The molecule has 0 aromatic heterocycles. The van der Waals surface area contributed by atoms with Crippen molar-refractivity contribution in [1.82, 2.24) is 16.2 Å². The second kappa shape index (κ2) is 10.5. The molecule has 0 unspecified atom stereocenters. The van der Waals surface area contributed by atoms with E-state index >= 15 is 0 Å². The number of carbonyl (C=O) groups is 2. The van der Waals surface area contributed by atoms with Crippen LogP contribution in [-0.2, 0) is 4.79 Å². The Hall–Kier alpha value is -2.85. The molecule has 10 heteroatoms. The zero-order chi connectivity index (χ0) is 20.5. The Morgan fingerprint density at radius 3 is 2.32 bits per heavy atom. The highest BCUT2D eigenvalue weighted by Crippen LogP contribution is 2.26. The van der Waals surface area contributed by atoms with Crippen LogP contribution in [0.3, 0.4) is 0 Å². The first-order valence-electron chi connectivity index (χ1n) is 7.94. The minimum Gasteiger partial charge on any atom is -0.496 e. The summed E-state index contributed by atoms with van der Waals surface area (Å²) in [5.74, 6) is 0.604. The van der Waals surface area contributed by atoms with Gasteiger partial charge in [0.1, 0.15) is 5.75 Å². The number of hydrogen-bond donors (Lipinski definition) is 3. The number of hydrogen-bond acceptors (Lipinski definition) is 6. The third-order valence-corrected chi connectivity index (χ3v) is 4.21. The number of halogens is 1. The fourth-order valence-corrected chi connectivity index (χ4v) is 2.74. The Bertz CT molecular complexity index is 878. The van der Waals surface area contributed by atoms with Crippen molar-refractivity contribution in [3.63, 3.8) is 0 Å². The second-order valence-electron chi connectivity index (χ2n) is 5.25. The smallest absolute Gasteiger partial charge is 0.276 e. The summed E-state index contributed by atoms with van der Waals surface area (Å²) in [4.78, 5) is 24.0. The van der Waals surface area contributed by atoms with Crippen LogP contribution in [0.15, 0.2) is 46.9 Å². The first-order chi connectivity index (χ1) is 13.4. The zero-order valence-corrected chi connectivity index (χ0v) is 17.5. The summed E-state index contributed by atoms with van der Waals surface area (Å²) in [6.45, 7) is -0.268. The van der Waals surface area contributed by atoms with Crippen molar-refractivity contribution < 1.29 is 23.8 Å². The van der Waals surface area contributed by atoms with Crippen LogP contribution >= 0.6 is 28.1 Å². The van der Waals surface area contributed by atoms with Gasteiger partial charge in [-0.1, -0.05) is 12.1 Å². The van der Waals surface area contributed by atoms with Crippen LogP contribution in [0.25, 0.3) is 0 Å². The molecule has 0 spiro atoms. The fraction of sp³-hybridized carbons (Fsp3) is 0.167. The van der Waals surface area contributed by atoms with Gasteiger partial charge in [-0.2, -0.15) is 0 Å².